The van der Waals surface area contributed by atoms with Crippen molar-refractivity contribution >= 4 is 29.6 Å². The number of primary amides is 1. The van der Waals surface area contributed by atoms with Crippen LogP contribution in [-0.4, -0.2) is 81.3 Å². The lowest BCUT2D eigenvalue weighted by molar-refractivity contribution is -0.145. The molecule has 0 aromatic rings. The fraction of sp³-hybridized carbons (Fsp3) is 0.722. The highest BCUT2D eigenvalue weighted by Crippen LogP contribution is 2.05. The van der Waals surface area contributed by atoms with E-state index in [-0.39, 0.29) is 5.92 Å². The molecule has 0 aromatic heterocycles. The summed E-state index contributed by atoms with van der Waals surface area (Å²) in [7, 11) is 0. The zero-order valence-electron chi connectivity index (χ0n) is 18.0. The van der Waals surface area contributed by atoms with Crippen LogP contribution in [0.5, 0.6) is 0 Å². The van der Waals surface area contributed by atoms with E-state index in [1.807, 2.05) is 19.2 Å². The van der Waals surface area contributed by atoms with E-state index in [1.54, 1.807) is 0 Å². The first-order valence-electron chi connectivity index (χ1n) is 9.71. The van der Waals surface area contributed by atoms with Crippen molar-refractivity contribution < 1.29 is 39.3 Å². The van der Waals surface area contributed by atoms with Crippen molar-refractivity contribution in [3.8, 4) is 0 Å². The molecule has 6 unspecified atom stereocenters. The highest BCUT2D eigenvalue weighted by Gasteiger charge is 2.34. The molecule has 0 rings (SSSR count). The van der Waals surface area contributed by atoms with Gasteiger partial charge in [0.25, 0.3) is 0 Å². The topological polar surface area (TPSA) is 234 Å². The minimum absolute atomic E-state index is 0.0966. The lowest BCUT2D eigenvalue weighted by Gasteiger charge is -2.26. The van der Waals surface area contributed by atoms with Gasteiger partial charge in [-0.1, -0.05) is 13.8 Å². The Balaban J connectivity index is 5.44. The molecule has 0 heterocycles. The van der Waals surface area contributed by atoms with E-state index >= 15 is 0 Å². The Morgan fingerprint density at radius 2 is 1.29 bits per heavy atom. The number of carbonyl (C=O) groups excluding carboxylic acids is 4. The number of hydrogen-bond donors (Lipinski definition) is 8. The number of carbonyl (C=O) groups is 5. The Morgan fingerprint density at radius 3 is 1.68 bits per heavy atom. The van der Waals surface area contributed by atoms with Crippen molar-refractivity contribution in [2.24, 2.45) is 17.4 Å². The number of hydrogen-bond acceptors (Lipinski definition) is 8. The molecule has 6 atom stereocenters. The fourth-order valence-corrected chi connectivity index (χ4v) is 2.59. The molecule has 10 N–H and O–H groups in total. The minimum atomic E-state index is -1.71. The molecule has 0 spiro atoms. The van der Waals surface area contributed by atoms with Crippen molar-refractivity contribution in [1.82, 2.24) is 16.0 Å². The third-order valence-corrected chi connectivity index (χ3v) is 4.21. The van der Waals surface area contributed by atoms with E-state index in [2.05, 4.69) is 10.6 Å². The van der Waals surface area contributed by atoms with Gasteiger partial charge in [-0.05, 0) is 26.2 Å². The maximum absolute atomic E-state index is 12.6. The predicted octanol–water partition coefficient (Wildman–Crippen LogP) is -3.46. The van der Waals surface area contributed by atoms with Crippen molar-refractivity contribution in [2.45, 2.75) is 76.9 Å². The van der Waals surface area contributed by atoms with E-state index in [0.29, 0.717) is 6.42 Å². The first-order chi connectivity index (χ1) is 14.2. The Morgan fingerprint density at radius 1 is 0.806 bits per heavy atom. The first kappa shape index (κ1) is 28.2. The number of aliphatic carboxylic acids is 1. The van der Waals surface area contributed by atoms with E-state index in [4.69, 9.17) is 16.6 Å². The standard InChI is InChI=1S/C18H33N5O8/c1-7(2)5-10(19)15(27)22-13(8(3)24)17(29)21-11(6-12(20)26)16(28)23-14(9(4)25)18(30)31/h7-11,13-14,24-25H,5-6,19H2,1-4H3,(H2,20,26)(H,21,29)(H,22,27)(H,23,28)(H,30,31). The van der Waals surface area contributed by atoms with Crippen molar-refractivity contribution in [2.75, 3.05) is 0 Å². The third kappa shape index (κ3) is 10.2. The number of aliphatic hydroxyl groups is 2. The van der Waals surface area contributed by atoms with Gasteiger partial charge in [0.15, 0.2) is 6.04 Å². The van der Waals surface area contributed by atoms with Crippen LogP contribution >= 0.6 is 0 Å². The van der Waals surface area contributed by atoms with Gasteiger partial charge in [-0.3, -0.25) is 19.2 Å². The van der Waals surface area contributed by atoms with Crippen LogP contribution in [0.3, 0.4) is 0 Å². The lowest BCUT2D eigenvalue weighted by atomic mass is 10.0. The molecular formula is C18H33N5O8. The summed E-state index contributed by atoms with van der Waals surface area (Å²) in [5.41, 5.74) is 10.9. The molecule has 0 saturated carbocycles. The van der Waals surface area contributed by atoms with Gasteiger partial charge in [-0.15, -0.1) is 0 Å². The molecule has 0 aliphatic carbocycles. The molecule has 0 aliphatic rings. The molecule has 0 bridgehead atoms. The minimum Gasteiger partial charge on any atom is -0.480 e. The molecule has 0 aromatic carbocycles. The second kappa shape index (κ2) is 12.8. The maximum Gasteiger partial charge on any atom is 0.328 e. The van der Waals surface area contributed by atoms with Gasteiger partial charge in [0, 0.05) is 0 Å². The zero-order valence-corrected chi connectivity index (χ0v) is 18.0. The number of amides is 4. The van der Waals surface area contributed by atoms with E-state index in [0.717, 1.165) is 6.92 Å². The van der Waals surface area contributed by atoms with Crippen molar-refractivity contribution in [3.05, 3.63) is 0 Å². The highest BCUT2D eigenvalue weighted by atomic mass is 16.4. The van der Waals surface area contributed by atoms with Gasteiger partial charge in [0.1, 0.15) is 12.1 Å². The average Bonchev–Trinajstić information content (AvgIpc) is 2.60. The summed E-state index contributed by atoms with van der Waals surface area (Å²) in [6.07, 6.45) is -3.24. The van der Waals surface area contributed by atoms with Gasteiger partial charge in [-0.25, -0.2) is 4.79 Å². The summed E-state index contributed by atoms with van der Waals surface area (Å²) < 4.78 is 0. The van der Waals surface area contributed by atoms with Crippen LogP contribution in [0.15, 0.2) is 0 Å². The van der Waals surface area contributed by atoms with Crippen LogP contribution in [0.2, 0.25) is 0 Å². The molecule has 31 heavy (non-hydrogen) atoms. The molecule has 0 saturated heterocycles. The van der Waals surface area contributed by atoms with Gasteiger partial charge in [-0.2, -0.15) is 0 Å². The molecular weight excluding hydrogens is 414 g/mol. The quantitative estimate of drug-likeness (QED) is 0.140. The second-order valence-corrected chi connectivity index (χ2v) is 7.76. The number of nitrogens with one attached hydrogen (secondary N) is 3. The number of carboxylic acid groups (broad SMARTS) is 1. The van der Waals surface area contributed by atoms with Gasteiger partial charge < -0.3 is 42.7 Å². The normalized spacial score (nSPS) is 16.9. The van der Waals surface area contributed by atoms with Crippen LogP contribution in [0.4, 0.5) is 0 Å². The Hall–Kier alpha value is -2.77. The van der Waals surface area contributed by atoms with Crippen LogP contribution in [-0.2, 0) is 24.0 Å². The molecule has 0 radical (unpaired) electrons. The summed E-state index contributed by atoms with van der Waals surface area (Å²) in [4.78, 5) is 59.7. The summed E-state index contributed by atoms with van der Waals surface area (Å²) in [6, 6.07) is -5.78. The van der Waals surface area contributed by atoms with Crippen molar-refractivity contribution in [1.29, 1.82) is 0 Å². The smallest absolute Gasteiger partial charge is 0.328 e. The molecule has 0 fully saturated rings. The monoisotopic (exact) mass is 447 g/mol. The molecule has 0 aliphatic heterocycles. The number of nitrogens with two attached hydrogens (primary N) is 2. The third-order valence-electron chi connectivity index (χ3n) is 4.21. The van der Waals surface area contributed by atoms with Gasteiger partial charge in [0.05, 0.1) is 24.7 Å². The Bertz CT molecular complexity index is 667. The zero-order chi connectivity index (χ0) is 24.5. The average molecular weight is 447 g/mol. The molecule has 4 amide bonds. The number of rotatable bonds is 13. The van der Waals surface area contributed by atoms with Crippen LogP contribution < -0.4 is 27.4 Å². The predicted molar refractivity (Wildman–Crippen MR) is 108 cm³/mol. The number of carboxylic acids is 1. The number of aliphatic hydroxyl groups excluding tert-OH is 2. The summed E-state index contributed by atoms with van der Waals surface area (Å²) in [5.74, 6) is -5.26. The molecule has 178 valence electrons. The van der Waals surface area contributed by atoms with E-state index in [9.17, 15) is 34.2 Å². The van der Waals surface area contributed by atoms with E-state index in [1.165, 1.54) is 6.92 Å². The highest BCUT2D eigenvalue weighted by molar-refractivity contribution is 5.96. The van der Waals surface area contributed by atoms with Crippen molar-refractivity contribution in [3.63, 3.8) is 0 Å². The van der Waals surface area contributed by atoms with Gasteiger partial charge in [0.2, 0.25) is 23.6 Å². The summed E-state index contributed by atoms with van der Waals surface area (Å²) in [5, 5.41) is 34.9. The first-order valence-corrected chi connectivity index (χ1v) is 9.71. The van der Waals surface area contributed by atoms with Crippen LogP contribution in [0.1, 0.15) is 40.5 Å². The maximum atomic E-state index is 12.6. The Kier molecular flexibility index (Phi) is 11.7. The SMILES string of the molecule is CC(C)CC(N)C(=O)NC(C(=O)NC(CC(N)=O)C(=O)NC(C(=O)O)C(C)O)C(C)O. The molecule has 13 nitrogen and oxygen atoms in total. The summed E-state index contributed by atoms with van der Waals surface area (Å²) in [6.45, 7) is 6.03. The summed E-state index contributed by atoms with van der Waals surface area (Å²) >= 11 is 0. The largest absolute Gasteiger partial charge is 0.480 e. The Labute approximate surface area is 179 Å². The fourth-order valence-electron chi connectivity index (χ4n) is 2.59. The lowest BCUT2D eigenvalue weighted by Crippen LogP contribution is -2.61. The van der Waals surface area contributed by atoms with Gasteiger partial charge >= 0.3 is 5.97 Å². The molecule has 13 heteroatoms. The van der Waals surface area contributed by atoms with E-state index < -0.39 is 72.4 Å². The second-order valence-electron chi connectivity index (χ2n) is 7.76. The van der Waals surface area contributed by atoms with Crippen LogP contribution in [0, 0.1) is 5.92 Å². The van der Waals surface area contributed by atoms with Crippen LogP contribution in [0.25, 0.3) is 0 Å².